The first-order valence-corrected chi connectivity index (χ1v) is 11.7. The Balaban J connectivity index is 1.57. The Labute approximate surface area is 201 Å². The summed E-state index contributed by atoms with van der Waals surface area (Å²) in [6.45, 7) is 5.90. The zero-order chi connectivity index (χ0) is 25.7. The number of imidazole rings is 1. The molecule has 2 fully saturated rings. The molecule has 0 saturated carbocycles. The lowest BCUT2D eigenvalue weighted by Crippen LogP contribution is -2.46. The Hall–Kier alpha value is -3.21. The van der Waals surface area contributed by atoms with Gasteiger partial charge in [-0.2, -0.15) is 0 Å². The number of carbonyl (C=O) groups is 3. The number of hydrogen-bond acceptors (Lipinski definition) is 7. The van der Waals surface area contributed by atoms with Crippen molar-refractivity contribution < 1.29 is 28.6 Å². The lowest BCUT2D eigenvalue weighted by Gasteiger charge is -2.39. The van der Waals surface area contributed by atoms with E-state index in [-0.39, 0.29) is 43.3 Å². The molecule has 3 heterocycles. The van der Waals surface area contributed by atoms with Crippen LogP contribution < -0.4 is 15.9 Å². The number of benzene rings is 1. The van der Waals surface area contributed by atoms with Gasteiger partial charge in [0.15, 0.2) is 0 Å². The van der Waals surface area contributed by atoms with Crippen LogP contribution in [0.25, 0.3) is 11.0 Å². The number of aliphatic hydroxyl groups is 1. The van der Waals surface area contributed by atoms with E-state index in [1.807, 2.05) is 0 Å². The molecule has 11 heteroatoms. The lowest BCUT2D eigenvalue weighted by molar-refractivity contribution is -0.161. The standard InChI is InChI=1S/C24H31FN4O6/c1-23(2,3)35-20(31)13-24(34)7-9-28(10-8-24)16-12-17-18(11-14(16)25)29(22(33)27(17)4)15-5-6-19(30)26-21(15)32/h11-12,15,34H,5-10,13H2,1-4H3,(H,26,30,32). The molecule has 1 aromatic carbocycles. The van der Waals surface area contributed by atoms with E-state index >= 15 is 4.39 Å². The second-order valence-corrected chi connectivity index (χ2v) is 10.4. The number of imide groups is 1. The highest BCUT2D eigenvalue weighted by atomic mass is 19.1. The van der Waals surface area contributed by atoms with Crippen LogP contribution in [0.3, 0.4) is 0 Å². The monoisotopic (exact) mass is 490 g/mol. The third kappa shape index (κ3) is 4.95. The Morgan fingerprint density at radius 1 is 1.20 bits per heavy atom. The number of amides is 2. The predicted molar refractivity (Wildman–Crippen MR) is 125 cm³/mol. The summed E-state index contributed by atoms with van der Waals surface area (Å²) >= 11 is 0. The third-order valence-electron chi connectivity index (χ3n) is 6.61. The van der Waals surface area contributed by atoms with E-state index in [1.54, 1.807) is 38.8 Å². The van der Waals surface area contributed by atoms with Gasteiger partial charge in [0.2, 0.25) is 11.8 Å². The van der Waals surface area contributed by atoms with Crippen LogP contribution in [-0.2, 0) is 26.2 Å². The van der Waals surface area contributed by atoms with Crippen molar-refractivity contribution in [2.24, 2.45) is 7.05 Å². The number of anilines is 1. The molecule has 1 atom stereocenters. The number of aryl methyl sites for hydroxylation is 1. The summed E-state index contributed by atoms with van der Waals surface area (Å²) in [5.74, 6) is -2.03. The maximum atomic E-state index is 15.3. The average Bonchev–Trinajstić information content (AvgIpc) is 2.96. The minimum atomic E-state index is -1.23. The fraction of sp³-hybridized carbons (Fsp3) is 0.583. The predicted octanol–water partition coefficient (Wildman–Crippen LogP) is 1.52. The molecular weight excluding hydrogens is 459 g/mol. The van der Waals surface area contributed by atoms with Crippen LogP contribution in [0, 0.1) is 5.82 Å². The Morgan fingerprint density at radius 3 is 2.46 bits per heavy atom. The number of hydrogen-bond donors (Lipinski definition) is 2. The highest BCUT2D eigenvalue weighted by Crippen LogP contribution is 2.33. The van der Waals surface area contributed by atoms with Gasteiger partial charge in [0.25, 0.3) is 0 Å². The van der Waals surface area contributed by atoms with Gasteiger partial charge in [-0.1, -0.05) is 0 Å². The van der Waals surface area contributed by atoms with Gasteiger partial charge in [0.1, 0.15) is 17.5 Å². The molecule has 2 saturated heterocycles. The molecule has 1 unspecified atom stereocenters. The number of halogens is 1. The SMILES string of the molecule is Cn1c(=O)n(C2CCC(=O)NC2=O)c2cc(F)c(N3CCC(O)(CC(=O)OC(C)(C)C)CC3)cc21. The quantitative estimate of drug-likeness (QED) is 0.492. The van der Waals surface area contributed by atoms with Crippen LogP contribution in [0.4, 0.5) is 10.1 Å². The van der Waals surface area contributed by atoms with Crippen LogP contribution in [-0.4, -0.2) is 56.3 Å². The number of esters is 1. The third-order valence-corrected chi connectivity index (χ3v) is 6.61. The molecule has 2 aromatic rings. The molecule has 0 aliphatic carbocycles. The van der Waals surface area contributed by atoms with Gasteiger partial charge in [-0.15, -0.1) is 0 Å². The van der Waals surface area contributed by atoms with Crippen molar-refractivity contribution in [3.05, 3.63) is 28.4 Å². The number of aromatic nitrogens is 2. The summed E-state index contributed by atoms with van der Waals surface area (Å²) in [6, 6.07) is 1.90. The maximum Gasteiger partial charge on any atom is 0.329 e. The molecule has 10 nitrogen and oxygen atoms in total. The topological polar surface area (TPSA) is 123 Å². The van der Waals surface area contributed by atoms with Crippen molar-refractivity contribution in [3.8, 4) is 0 Å². The summed E-state index contributed by atoms with van der Waals surface area (Å²) < 4.78 is 23.2. The second kappa shape index (κ2) is 8.78. The average molecular weight is 491 g/mol. The van der Waals surface area contributed by atoms with E-state index < -0.39 is 46.5 Å². The molecule has 2 amide bonds. The Morgan fingerprint density at radius 2 is 1.86 bits per heavy atom. The molecule has 4 rings (SSSR count). The minimum Gasteiger partial charge on any atom is -0.460 e. The molecule has 190 valence electrons. The highest BCUT2D eigenvalue weighted by molar-refractivity contribution is 6.00. The van der Waals surface area contributed by atoms with Crippen LogP contribution in [0.15, 0.2) is 16.9 Å². The van der Waals surface area contributed by atoms with Gasteiger partial charge in [-0.25, -0.2) is 9.18 Å². The fourth-order valence-electron chi connectivity index (χ4n) is 4.83. The van der Waals surface area contributed by atoms with Crippen LogP contribution in [0.1, 0.15) is 58.9 Å². The zero-order valence-corrected chi connectivity index (χ0v) is 20.4. The lowest BCUT2D eigenvalue weighted by atomic mass is 9.88. The van der Waals surface area contributed by atoms with Crippen molar-refractivity contribution in [3.63, 3.8) is 0 Å². The molecule has 2 aliphatic heterocycles. The smallest absolute Gasteiger partial charge is 0.329 e. The van der Waals surface area contributed by atoms with Crippen molar-refractivity contribution in [1.29, 1.82) is 0 Å². The number of fused-ring (bicyclic) bond motifs is 1. The molecule has 0 bridgehead atoms. The fourth-order valence-corrected chi connectivity index (χ4v) is 4.83. The minimum absolute atomic E-state index is 0.0970. The zero-order valence-electron chi connectivity index (χ0n) is 20.4. The number of ether oxygens (including phenoxy) is 1. The summed E-state index contributed by atoms with van der Waals surface area (Å²) in [5, 5.41) is 13.1. The van der Waals surface area contributed by atoms with Crippen molar-refractivity contribution >= 4 is 34.5 Å². The van der Waals surface area contributed by atoms with Gasteiger partial charge in [-0.05, 0) is 46.1 Å². The van der Waals surface area contributed by atoms with Gasteiger partial charge >= 0.3 is 11.7 Å². The summed E-state index contributed by atoms with van der Waals surface area (Å²) in [5.41, 5.74) is -1.37. The number of nitrogens with one attached hydrogen (secondary N) is 1. The first-order valence-electron chi connectivity index (χ1n) is 11.7. The highest BCUT2D eigenvalue weighted by Gasteiger charge is 2.37. The molecule has 0 radical (unpaired) electrons. The molecule has 0 spiro atoms. The van der Waals surface area contributed by atoms with Gasteiger partial charge < -0.3 is 14.7 Å². The number of nitrogens with zero attached hydrogens (tertiary/aromatic N) is 3. The molecule has 35 heavy (non-hydrogen) atoms. The first-order chi connectivity index (χ1) is 16.3. The van der Waals surface area contributed by atoms with Crippen molar-refractivity contribution in [2.75, 3.05) is 18.0 Å². The van der Waals surface area contributed by atoms with E-state index in [1.165, 1.54) is 15.2 Å². The van der Waals surface area contributed by atoms with E-state index in [0.29, 0.717) is 18.6 Å². The summed E-state index contributed by atoms with van der Waals surface area (Å²) in [7, 11) is 1.55. The van der Waals surface area contributed by atoms with Crippen molar-refractivity contribution in [2.45, 2.75) is 70.1 Å². The molecule has 2 N–H and O–H groups in total. The van der Waals surface area contributed by atoms with E-state index in [4.69, 9.17) is 4.74 Å². The van der Waals surface area contributed by atoms with Crippen LogP contribution in [0.2, 0.25) is 0 Å². The van der Waals surface area contributed by atoms with E-state index in [0.717, 1.165) is 0 Å². The molecule has 1 aromatic heterocycles. The van der Waals surface area contributed by atoms with Gasteiger partial charge in [0, 0.05) is 32.6 Å². The van der Waals surface area contributed by atoms with E-state index in [9.17, 15) is 24.3 Å². The molecule has 2 aliphatic rings. The maximum absolute atomic E-state index is 15.3. The second-order valence-electron chi connectivity index (χ2n) is 10.4. The van der Waals surface area contributed by atoms with E-state index in [2.05, 4.69) is 5.32 Å². The number of rotatable bonds is 4. The summed E-state index contributed by atoms with van der Waals surface area (Å²) in [4.78, 5) is 50.8. The van der Waals surface area contributed by atoms with Crippen molar-refractivity contribution in [1.82, 2.24) is 14.5 Å². The summed E-state index contributed by atoms with van der Waals surface area (Å²) in [6.07, 6.45) is 0.623. The number of piperidine rings is 2. The Kier molecular flexibility index (Phi) is 6.25. The largest absolute Gasteiger partial charge is 0.460 e. The van der Waals surface area contributed by atoms with Crippen LogP contribution >= 0.6 is 0 Å². The number of carbonyl (C=O) groups excluding carboxylic acids is 3. The Bertz CT molecular complexity index is 1250. The first kappa shape index (κ1) is 24.9. The normalized spacial score (nSPS) is 20.7. The van der Waals surface area contributed by atoms with Gasteiger partial charge in [-0.3, -0.25) is 28.8 Å². The van der Waals surface area contributed by atoms with Gasteiger partial charge in [0.05, 0.1) is 28.7 Å². The van der Waals surface area contributed by atoms with Crippen LogP contribution in [0.5, 0.6) is 0 Å². The molecular formula is C24H31FN4O6.